The van der Waals surface area contributed by atoms with Crippen molar-refractivity contribution in [3.05, 3.63) is 48.0 Å². The van der Waals surface area contributed by atoms with E-state index in [4.69, 9.17) is 18.9 Å². The molecule has 27 heavy (non-hydrogen) atoms. The third kappa shape index (κ3) is 6.22. The van der Waals surface area contributed by atoms with Gasteiger partial charge in [-0.25, -0.2) is 0 Å². The summed E-state index contributed by atoms with van der Waals surface area (Å²) in [6.07, 6.45) is 0.705. The van der Waals surface area contributed by atoms with Crippen LogP contribution in [0.1, 0.15) is 12.0 Å². The molecule has 7 heteroatoms. The summed E-state index contributed by atoms with van der Waals surface area (Å²) in [6.45, 7) is -0.373. The number of esters is 1. The second-order valence-electron chi connectivity index (χ2n) is 5.62. The van der Waals surface area contributed by atoms with Crippen LogP contribution in [0, 0.1) is 0 Å². The number of ether oxygens (including phenoxy) is 4. The fourth-order valence-corrected chi connectivity index (χ4v) is 2.35. The van der Waals surface area contributed by atoms with Crippen LogP contribution in [0.2, 0.25) is 0 Å². The van der Waals surface area contributed by atoms with Crippen molar-refractivity contribution in [1.29, 1.82) is 0 Å². The zero-order valence-corrected chi connectivity index (χ0v) is 15.6. The van der Waals surface area contributed by atoms with Crippen LogP contribution in [-0.4, -0.2) is 39.8 Å². The summed E-state index contributed by atoms with van der Waals surface area (Å²) in [7, 11) is 4.62. The molecule has 0 unspecified atom stereocenters. The predicted octanol–water partition coefficient (Wildman–Crippen LogP) is 2.83. The molecule has 0 heterocycles. The monoisotopic (exact) mass is 373 g/mol. The zero-order valence-electron chi connectivity index (χ0n) is 15.6. The Morgan fingerprint density at radius 2 is 1.56 bits per heavy atom. The summed E-state index contributed by atoms with van der Waals surface area (Å²) in [5.74, 6) is 0.904. The Labute approximate surface area is 158 Å². The van der Waals surface area contributed by atoms with Gasteiger partial charge >= 0.3 is 5.97 Å². The van der Waals surface area contributed by atoms with E-state index in [0.717, 1.165) is 11.3 Å². The molecule has 1 amide bonds. The van der Waals surface area contributed by atoms with Gasteiger partial charge in [-0.2, -0.15) is 0 Å². The maximum atomic E-state index is 12.0. The SMILES string of the molecule is COc1ccc(CCC(=O)OCC(=O)Nc2cc(OC)ccc2OC)cc1. The highest BCUT2D eigenvalue weighted by Gasteiger charge is 2.12. The molecule has 2 aromatic rings. The van der Waals surface area contributed by atoms with Crippen LogP contribution in [-0.2, 0) is 20.7 Å². The van der Waals surface area contributed by atoms with Gasteiger partial charge in [0.05, 0.1) is 27.0 Å². The summed E-state index contributed by atoms with van der Waals surface area (Å²) < 4.78 is 20.4. The van der Waals surface area contributed by atoms with Crippen LogP contribution in [0.3, 0.4) is 0 Å². The lowest BCUT2D eigenvalue weighted by molar-refractivity contribution is -0.147. The number of nitrogens with one attached hydrogen (secondary N) is 1. The Morgan fingerprint density at radius 3 is 2.19 bits per heavy atom. The Kier molecular flexibility index (Phi) is 7.49. The van der Waals surface area contributed by atoms with Crippen molar-refractivity contribution in [2.45, 2.75) is 12.8 Å². The lowest BCUT2D eigenvalue weighted by atomic mass is 10.1. The molecule has 0 saturated carbocycles. The number of anilines is 1. The lowest BCUT2D eigenvalue weighted by Crippen LogP contribution is -2.21. The van der Waals surface area contributed by atoms with Gasteiger partial charge in [0.1, 0.15) is 17.2 Å². The number of methoxy groups -OCH3 is 3. The number of aryl methyl sites for hydroxylation is 1. The van der Waals surface area contributed by atoms with E-state index in [2.05, 4.69) is 5.32 Å². The standard InChI is InChI=1S/C20H23NO6/c1-24-15-7-4-14(5-8-15)6-11-20(23)27-13-19(22)21-17-12-16(25-2)9-10-18(17)26-3/h4-5,7-10,12H,6,11,13H2,1-3H3,(H,21,22). The van der Waals surface area contributed by atoms with Gasteiger partial charge in [-0.1, -0.05) is 12.1 Å². The minimum atomic E-state index is -0.459. The number of rotatable bonds is 9. The van der Waals surface area contributed by atoms with E-state index >= 15 is 0 Å². The minimum Gasteiger partial charge on any atom is -0.497 e. The van der Waals surface area contributed by atoms with E-state index in [1.54, 1.807) is 25.3 Å². The number of carbonyl (C=O) groups excluding carboxylic acids is 2. The second kappa shape index (κ2) is 10.1. The van der Waals surface area contributed by atoms with Gasteiger partial charge in [0.15, 0.2) is 6.61 Å². The molecule has 0 spiro atoms. The van der Waals surface area contributed by atoms with E-state index in [1.807, 2.05) is 24.3 Å². The van der Waals surface area contributed by atoms with Gasteiger partial charge < -0.3 is 24.3 Å². The van der Waals surface area contributed by atoms with E-state index in [0.29, 0.717) is 23.6 Å². The Balaban J connectivity index is 1.80. The summed E-state index contributed by atoms with van der Waals surface area (Å²) in [5.41, 5.74) is 1.43. The van der Waals surface area contributed by atoms with Gasteiger partial charge in [-0.3, -0.25) is 9.59 Å². The van der Waals surface area contributed by atoms with E-state index in [1.165, 1.54) is 14.2 Å². The van der Waals surface area contributed by atoms with Crippen LogP contribution in [0.15, 0.2) is 42.5 Å². The predicted molar refractivity (Wildman–Crippen MR) is 100 cm³/mol. The first-order valence-corrected chi connectivity index (χ1v) is 8.36. The fourth-order valence-electron chi connectivity index (χ4n) is 2.35. The maximum absolute atomic E-state index is 12.0. The summed E-state index contributed by atoms with van der Waals surface area (Å²) >= 11 is 0. The lowest BCUT2D eigenvalue weighted by Gasteiger charge is -2.12. The molecule has 0 aliphatic heterocycles. The van der Waals surface area contributed by atoms with Gasteiger partial charge in [0.25, 0.3) is 5.91 Å². The van der Waals surface area contributed by atoms with Crippen LogP contribution < -0.4 is 19.5 Å². The average molecular weight is 373 g/mol. The largest absolute Gasteiger partial charge is 0.497 e. The number of hydrogen-bond acceptors (Lipinski definition) is 6. The van der Waals surface area contributed by atoms with Crippen molar-refractivity contribution in [2.75, 3.05) is 33.3 Å². The normalized spacial score (nSPS) is 10.0. The second-order valence-corrected chi connectivity index (χ2v) is 5.62. The molecule has 7 nitrogen and oxygen atoms in total. The topological polar surface area (TPSA) is 83.1 Å². The van der Waals surface area contributed by atoms with E-state index in [-0.39, 0.29) is 13.0 Å². The Bertz CT molecular complexity index is 773. The molecular formula is C20H23NO6. The first-order valence-electron chi connectivity index (χ1n) is 8.36. The maximum Gasteiger partial charge on any atom is 0.306 e. The molecule has 0 atom stereocenters. The molecule has 144 valence electrons. The highest BCUT2D eigenvalue weighted by Crippen LogP contribution is 2.28. The van der Waals surface area contributed by atoms with Crippen LogP contribution >= 0.6 is 0 Å². The molecule has 0 aliphatic rings. The molecule has 0 fully saturated rings. The molecule has 2 rings (SSSR count). The minimum absolute atomic E-state index is 0.183. The van der Waals surface area contributed by atoms with Crippen molar-refractivity contribution in [2.24, 2.45) is 0 Å². The van der Waals surface area contributed by atoms with Crippen molar-refractivity contribution < 1.29 is 28.5 Å². The molecule has 0 saturated heterocycles. The number of carbonyl (C=O) groups is 2. The Hall–Kier alpha value is -3.22. The van der Waals surface area contributed by atoms with Crippen LogP contribution in [0.5, 0.6) is 17.2 Å². The van der Waals surface area contributed by atoms with Crippen molar-refractivity contribution >= 4 is 17.6 Å². The number of benzene rings is 2. The quantitative estimate of drug-likeness (QED) is 0.681. The molecule has 0 bridgehead atoms. The molecule has 1 N–H and O–H groups in total. The number of hydrogen-bond donors (Lipinski definition) is 1. The molecule has 0 aromatic heterocycles. The zero-order chi connectivity index (χ0) is 19.6. The van der Waals surface area contributed by atoms with Crippen LogP contribution in [0.25, 0.3) is 0 Å². The van der Waals surface area contributed by atoms with Gasteiger partial charge in [-0.15, -0.1) is 0 Å². The highest BCUT2D eigenvalue weighted by molar-refractivity contribution is 5.94. The molecule has 2 aromatic carbocycles. The molecule has 0 radical (unpaired) electrons. The van der Waals surface area contributed by atoms with Gasteiger partial charge in [0.2, 0.25) is 0 Å². The smallest absolute Gasteiger partial charge is 0.306 e. The van der Waals surface area contributed by atoms with Crippen molar-refractivity contribution in [3.63, 3.8) is 0 Å². The molecular weight excluding hydrogens is 350 g/mol. The van der Waals surface area contributed by atoms with Crippen molar-refractivity contribution in [3.8, 4) is 17.2 Å². The summed E-state index contributed by atoms with van der Waals surface area (Å²) in [4.78, 5) is 23.9. The number of amides is 1. The van der Waals surface area contributed by atoms with Crippen LogP contribution in [0.4, 0.5) is 5.69 Å². The summed E-state index contributed by atoms with van der Waals surface area (Å²) in [5, 5.41) is 2.64. The van der Waals surface area contributed by atoms with Gasteiger partial charge in [0, 0.05) is 12.5 Å². The summed E-state index contributed by atoms with van der Waals surface area (Å²) in [6, 6.07) is 12.4. The Morgan fingerprint density at radius 1 is 0.889 bits per heavy atom. The first kappa shape index (κ1) is 20.1. The first-order chi connectivity index (χ1) is 13.0. The third-order valence-electron chi connectivity index (χ3n) is 3.82. The third-order valence-corrected chi connectivity index (χ3v) is 3.82. The molecule has 0 aliphatic carbocycles. The fraction of sp³-hybridized carbons (Fsp3) is 0.300. The van der Waals surface area contributed by atoms with E-state index < -0.39 is 11.9 Å². The van der Waals surface area contributed by atoms with Gasteiger partial charge in [-0.05, 0) is 36.2 Å². The van der Waals surface area contributed by atoms with E-state index in [9.17, 15) is 9.59 Å². The highest BCUT2D eigenvalue weighted by atomic mass is 16.5. The average Bonchev–Trinajstić information content (AvgIpc) is 2.71. The van der Waals surface area contributed by atoms with Crippen molar-refractivity contribution in [1.82, 2.24) is 0 Å².